The Balaban J connectivity index is 2.14. The normalized spacial score (nSPS) is 16.7. The number of aromatic hydroxyl groups is 1. The van der Waals surface area contributed by atoms with Gasteiger partial charge in [0.15, 0.2) is 0 Å². The van der Waals surface area contributed by atoms with Crippen molar-refractivity contribution in [2.24, 2.45) is 5.10 Å². The van der Waals surface area contributed by atoms with E-state index in [0.717, 1.165) is 17.6 Å². The van der Waals surface area contributed by atoms with Gasteiger partial charge in [-0.3, -0.25) is 5.01 Å². The number of morpholine rings is 1. The van der Waals surface area contributed by atoms with E-state index in [4.69, 9.17) is 4.74 Å². The molecule has 0 atom stereocenters. The molecular formula is C11H12Br2N2O2. The van der Waals surface area contributed by atoms with Gasteiger partial charge in [0.05, 0.1) is 37.0 Å². The maximum atomic E-state index is 9.85. The minimum Gasteiger partial charge on any atom is -0.506 e. The topological polar surface area (TPSA) is 45.1 Å². The Morgan fingerprint density at radius 2 is 2.00 bits per heavy atom. The highest BCUT2D eigenvalue weighted by Crippen LogP contribution is 2.30. The van der Waals surface area contributed by atoms with Gasteiger partial charge in [-0.2, -0.15) is 5.10 Å². The fourth-order valence-corrected chi connectivity index (χ4v) is 2.76. The van der Waals surface area contributed by atoms with Gasteiger partial charge < -0.3 is 9.84 Å². The van der Waals surface area contributed by atoms with Gasteiger partial charge in [0.1, 0.15) is 5.75 Å². The van der Waals surface area contributed by atoms with Gasteiger partial charge in [-0.1, -0.05) is 15.9 Å². The molecule has 1 aromatic carbocycles. The molecule has 6 heteroatoms. The molecular weight excluding hydrogens is 352 g/mol. The van der Waals surface area contributed by atoms with Gasteiger partial charge in [-0.15, -0.1) is 0 Å². The molecule has 1 saturated heterocycles. The molecule has 0 saturated carbocycles. The first-order valence-electron chi connectivity index (χ1n) is 5.21. The standard InChI is InChI=1S/C11H12Br2N2O2/c12-9-5-8(11(16)10(13)6-9)7-14-15-1-3-17-4-2-15/h5-7,16H,1-4H2. The largest absolute Gasteiger partial charge is 0.506 e. The number of benzene rings is 1. The zero-order chi connectivity index (χ0) is 12.3. The molecule has 92 valence electrons. The fourth-order valence-electron chi connectivity index (χ4n) is 1.50. The van der Waals surface area contributed by atoms with Crippen molar-refractivity contribution in [2.45, 2.75) is 0 Å². The number of nitrogens with zero attached hydrogens (tertiary/aromatic N) is 2. The van der Waals surface area contributed by atoms with Crippen LogP contribution in [0.1, 0.15) is 5.56 Å². The van der Waals surface area contributed by atoms with Crippen molar-refractivity contribution in [2.75, 3.05) is 26.3 Å². The SMILES string of the molecule is Oc1c(Br)cc(Br)cc1C=NN1CCOCC1. The van der Waals surface area contributed by atoms with Gasteiger partial charge in [0.2, 0.25) is 0 Å². The molecule has 2 rings (SSSR count). The van der Waals surface area contributed by atoms with Gasteiger partial charge >= 0.3 is 0 Å². The van der Waals surface area contributed by atoms with Crippen molar-refractivity contribution in [3.05, 3.63) is 26.6 Å². The summed E-state index contributed by atoms with van der Waals surface area (Å²) in [5, 5.41) is 16.1. The first kappa shape index (κ1) is 12.9. The number of halogens is 2. The number of hydrogen-bond donors (Lipinski definition) is 1. The second-order valence-electron chi connectivity index (χ2n) is 3.64. The molecule has 0 unspecified atom stereocenters. The predicted octanol–water partition coefficient (Wildman–Crippen LogP) is 2.58. The van der Waals surface area contributed by atoms with Crippen LogP contribution in [0.5, 0.6) is 5.75 Å². The minimum absolute atomic E-state index is 0.199. The summed E-state index contributed by atoms with van der Waals surface area (Å²) in [5.74, 6) is 0.199. The first-order valence-corrected chi connectivity index (χ1v) is 6.80. The molecule has 1 aromatic rings. The Hall–Kier alpha value is -0.590. The summed E-state index contributed by atoms with van der Waals surface area (Å²) in [4.78, 5) is 0. The summed E-state index contributed by atoms with van der Waals surface area (Å²) in [6.07, 6.45) is 1.66. The summed E-state index contributed by atoms with van der Waals surface area (Å²) < 4.78 is 6.78. The van der Waals surface area contributed by atoms with Crippen LogP contribution in [0.15, 0.2) is 26.2 Å². The summed E-state index contributed by atoms with van der Waals surface area (Å²) >= 11 is 6.66. The highest BCUT2D eigenvalue weighted by molar-refractivity contribution is 9.11. The Kier molecular flexibility index (Phi) is 4.42. The van der Waals surface area contributed by atoms with Crippen LogP contribution in [-0.4, -0.2) is 42.6 Å². The molecule has 0 aliphatic carbocycles. The second kappa shape index (κ2) is 5.84. The van der Waals surface area contributed by atoms with Gasteiger partial charge in [0.25, 0.3) is 0 Å². The number of rotatable bonds is 2. The summed E-state index contributed by atoms with van der Waals surface area (Å²) in [5.41, 5.74) is 0.678. The van der Waals surface area contributed by atoms with Crippen molar-refractivity contribution < 1.29 is 9.84 Å². The van der Waals surface area contributed by atoms with Crippen LogP contribution >= 0.6 is 31.9 Å². The van der Waals surface area contributed by atoms with Crippen LogP contribution in [0.2, 0.25) is 0 Å². The third kappa shape index (κ3) is 3.43. The lowest BCUT2D eigenvalue weighted by Gasteiger charge is -2.23. The lowest BCUT2D eigenvalue weighted by atomic mass is 10.2. The van der Waals surface area contributed by atoms with Crippen molar-refractivity contribution in [1.29, 1.82) is 0 Å². The van der Waals surface area contributed by atoms with E-state index in [0.29, 0.717) is 23.2 Å². The monoisotopic (exact) mass is 362 g/mol. The molecule has 1 aliphatic heterocycles. The first-order chi connectivity index (χ1) is 8.16. The number of phenols is 1. The van der Waals surface area contributed by atoms with E-state index in [1.807, 2.05) is 11.1 Å². The smallest absolute Gasteiger partial charge is 0.138 e. The van der Waals surface area contributed by atoms with Gasteiger partial charge in [0, 0.05) is 10.0 Å². The van der Waals surface area contributed by atoms with E-state index in [-0.39, 0.29) is 5.75 Å². The highest BCUT2D eigenvalue weighted by atomic mass is 79.9. The minimum atomic E-state index is 0.199. The average molecular weight is 364 g/mol. The Morgan fingerprint density at radius 1 is 1.29 bits per heavy atom. The number of hydrogen-bond acceptors (Lipinski definition) is 4. The third-order valence-electron chi connectivity index (χ3n) is 2.41. The fraction of sp³-hybridized carbons (Fsp3) is 0.364. The van der Waals surface area contributed by atoms with Gasteiger partial charge in [-0.25, -0.2) is 0 Å². The second-order valence-corrected chi connectivity index (χ2v) is 5.41. The molecule has 1 heterocycles. The van der Waals surface area contributed by atoms with E-state index >= 15 is 0 Å². The van der Waals surface area contributed by atoms with E-state index < -0.39 is 0 Å². The lowest BCUT2D eigenvalue weighted by molar-refractivity contribution is 0.0397. The predicted molar refractivity (Wildman–Crippen MR) is 73.5 cm³/mol. The lowest BCUT2D eigenvalue weighted by Crippen LogP contribution is -2.32. The van der Waals surface area contributed by atoms with E-state index in [9.17, 15) is 5.11 Å². The Bertz CT molecular complexity index is 432. The molecule has 4 nitrogen and oxygen atoms in total. The van der Waals surface area contributed by atoms with Crippen LogP contribution in [0.3, 0.4) is 0 Å². The molecule has 0 bridgehead atoms. The van der Waals surface area contributed by atoms with Crippen molar-refractivity contribution in [3.8, 4) is 5.75 Å². The summed E-state index contributed by atoms with van der Waals surface area (Å²) in [6, 6.07) is 3.62. The zero-order valence-corrected chi connectivity index (χ0v) is 12.2. The quantitative estimate of drug-likeness (QED) is 0.821. The van der Waals surface area contributed by atoms with Gasteiger partial charge in [-0.05, 0) is 28.1 Å². The van der Waals surface area contributed by atoms with Crippen LogP contribution in [-0.2, 0) is 4.74 Å². The molecule has 1 fully saturated rings. The van der Waals surface area contributed by atoms with E-state index in [1.165, 1.54) is 0 Å². The van der Waals surface area contributed by atoms with Crippen molar-refractivity contribution in [3.63, 3.8) is 0 Å². The maximum absolute atomic E-state index is 9.85. The molecule has 0 spiro atoms. The molecule has 1 aliphatic rings. The average Bonchev–Trinajstić information content (AvgIpc) is 2.33. The van der Waals surface area contributed by atoms with Crippen LogP contribution in [0, 0.1) is 0 Å². The molecule has 1 N–H and O–H groups in total. The highest BCUT2D eigenvalue weighted by Gasteiger charge is 2.08. The Labute approximate surface area is 117 Å². The maximum Gasteiger partial charge on any atom is 0.138 e. The van der Waals surface area contributed by atoms with E-state index in [2.05, 4.69) is 37.0 Å². The van der Waals surface area contributed by atoms with Crippen molar-refractivity contribution in [1.82, 2.24) is 5.01 Å². The third-order valence-corrected chi connectivity index (χ3v) is 3.47. The molecule has 0 amide bonds. The molecule has 0 radical (unpaired) electrons. The number of ether oxygens (including phenoxy) is 1. The van der Waals surface area contributed by atoms with E-state index in [1.54, 1.807) is 12.3 Å². The summed E-state index contributed by atoms with van der Waals surface area (Å²) in [6.45, 7) is 2.97. The van der Waals surface area contributed by atoms with Crippen LogP contribution in [0.25, 0.3) is 0 Å². The number of phenolic OH excluding ortho intramolecular Hbond substituents is 1. The number of hydrazone groups is 1. The summed E-state index contributed by atoms with van der Waals surface area (Å²) in [7, 11) is 0. The zero-order valence-electron chi connectivity index (χ0n) is 9.07. The van der Waals surface area contributed by atoms with Crippen LogP contribution < -0.4 is 0 Å². The van der Waals surface area contributed by atoms with Crippen LogP contribution in [0.4, 0.5) is 0 Å². The molecule has 0 aromatic heterocycles. The molecule has 17 heavy (non-hydrogen) atoms. The Morgan fingerprint density at radius 3 is 2.71 bits per heavy atom. The van der Waals surface area contributed by atoms with Crippen molar-refractivity contribution >= 4 is 38.1 Å².